The first-order valence-corrected chi connectivity index (χ1v) is 11.4. The van der Waals surface area contributed by atoms with Crippen LogP contribution in [-0.4, -0.2) is 49.9 Å². The Balaban J connectivity index is 1.59. The fraction of sp³-hybridized carbons (Fsp3) is 0.200. The Hall–Kier alpha value is -2.43. The van der Waals surface area contributed by atoms with Gasteiger partial charge >= 0.3 is 0 Å². The lowest BCUT2D eigenvalue weighted by atomic mass is 10.1. The number of rotatable bonds is 5. The van der Waals surface area contributed by atoms with Gasteiger partial charge < -0.3 is 14.5 Å². The summed E-state index contributed by atoms with van der Waals surface area (Å²) in [6.07, 6.45) is 2.91. The summed E-state index contributed by atoms with van der Waals surface area (Å²) in [4.78, 5) is 16.5. The number of aromatic nitrogens is 1. The number of hydrogen-bond donors (Lipinski definition) is 1. The highest BCUT2D eigenvalue weighted by atomic mass is 35.5. The molecule has 0 bridgehead atoms. The minimum atomic E-state index is -3.90. The van der Waals surface area contributed by atoms with Gasteiger partial charge in [0.05, 0.1) is 35.0 Å². The molecule has 0 radical (unpaired) electrons. The minimum absolute atomic E-state index is 0.00258. The molecule has 0 aliphatic carbocycles. The molecule has 2 heterocycles. The van der Waals surface area contributed by atoms with E-state index in [9.17, 15) is 13.2 Å². The van der Waals surface area contributed by atoms with Gasteiger partial charge in [0.25, 0.3) is 5.91 Å². The molecule has 4 rings (SSSR count). The van der Waals surface area contributed by atoms with Gasteiger partial charge in [0, 0.05) is 24.3 Å². The fourth-order valence-corrected chi connectivity index (χ4v) is 5.34. The van der Waals surface area contributed by atoms with E-state index in [1.165, 1.54) is 22.8 Å². The zero-order valence-corrected chi connectivity index (χ0v) is 18.4. The number of nitrogens with one attached hydrogen (secondary N) is 1. The van der Waals surface area contributed by atoms with Gasteiger partial charge in [-0.1, -0.05) is 23.2 Å². The summed E-state index contributed by atoms with van der Waals surface area (Å²) in [6.45, 7) is 1.00. The van der Waals surface area contributed by atoms with Gasteiger partial charge in [0.2, 0.25) is 10.0 Å². The molecule has 0 saturated carbocycles. The van der Waals surface area contributed by atoms with E-state index in [4.69, 9.17) is 32.4 Å². The van der Waals surface area contributed by atoms with Crippen molar-refractivity contribution in [3.05, 3.63) is 64.6 Å². The summed E-state index contributed by atoms with van der Waals surface area (Å²) in [6, 6.07) is 9.35. The van der Waals surface area contributed by atoms with E-state index < -0.39 is 15.9 Å². The molecule has 31 heavy (non-hydrogen) atoms. The molecule has 3 aromatic rings. The maximum absolute atomic E-state index is 13.0. The third-order valence-electron chi connectivity index (χ3n) is 4.71. The molecule has 0 spiro atoms. The van der Waals surface area contributed by atoms with Crippen molar-refractivity contribution in [2.75, 3.05) is 31.6 Å². The number of sulfonamides is 1. The maximum Gasteiger partial charge on any atom is 0.257 e. The summed E-state index contributed by atoms with van der Waals surface area (Å²) < 4.78 is 37.7. The van der Waals surface area contributed by atoms with E-state index >= 15 is 0 Å². The van der Waals surface area contributed by atoms with Crippen molar-refractivity contribution in [3.8, 4) is 11.3 Å². The summed E-state index contributed by atoms with van der Waals surface area (Å²) in [5.74, 6) is 0.0316. The van der Waals surface area contributed by atoms with Gasteiger partial charge in [-0.15, -0.1) is 0 Å². The molecule has 1 aliphatic heterocycles. The van der Waals surface area contributed by atoms with Crippen LogP contribution in [0.25, 0.3) is 11.3 Å². The highest BCUT2D eigenvalue weighted by Gasteiger charge is 2.30. The summed E-state index contributed by atoms with van der Waals surface area (Å²) in [7, 11) is -3.90. The molecular formula is C20H17Cl2N3O5S. The van der Waals surface area contributed by atoms with E-state index in [1.54, 1.807) is 30.5 Å². The Morgan fingerprint density at radius 1 is 1.06 bits per heavy atom. The predicted octanol–water partition coefficient (Wildman–Crippen LogP) is 3.92. The molecule has 0 atom stereocenters. The molecule has 8 nitrogen and oxygen atoms in total. The number of amides is 1. The van der Waals surface area contributed by atoms with Crippen LogP contribution in [0.5, 0.6) is 0 Å². The summed E-state index contributed by atoms with van der Waals surface area (Å²) in [5, 5.41) is 2.70. The molecule has 2 aromatic carbocycles. The zero-order valence-electron chi connectivity index (χ0n) is 16.0. The minimum Gasteiger partial charge on any atom is -0.444 e. The molecule has 0 unspecified atom stereocenters. The number of carbonyl (C=O) groups excluding carboxylic acids is 1. The first kappa shape index (κ1) is 21.8. The van der Waals surface area contributed by atoms with Crippen molar-refractivity contribution in [3.63, 3.8) is 0 Å². The van der Waals surface area contributed by atoms with Crippen LogP contribution in [0.2, 0.25) is 10.0 Å². The second-order valence-corrected chi connectivity index (χ2v) is 9.40. The summed E-state index contributed by atoms with van der Waals surface area (Å²) in [5.41, 5.74) is 1.29. The second-order valence-electron chi connectivity index (χ2n) is 6.68. The lowest BCUT2D eigenvalue weighted by Crippen LogP contribution is -2.40. The number of hydrogen-bond acceptors (Lipinski definition) is 6. The molecule has 1 N–H and O–H groups in total. The number of ether oxygens (including phenoxy) is 1. The van der Waals surface area contributed by atoms with Gasteiger partial charge in [-0.2, -0.15) is 4.31 Å². The normalized spacial score (nSPS) is 15.0. The number of carbonyl (C=O) groups is 1. The zero-order chi connectivity index (χ0) is 22.0. The summed E-state index contributed by atoms with van der Waals surface area (Å²) >= 11 is 12.4. The highest BCUT2D eigenvalue weighted by molar-refractivity contribution is 7.89. The molecule has 1 aromatic heterocycles. The van der Waals surface area contributed by atoms with Crippen LogP contribution in [0, 0.1) is 0 Å². The predicted molar refractivity (Wildman–Crippen MR) is 116 cm³/mol. The molecule has 1 fully saturated rings. The van der Waals surface area contributed by atoms with Crippen molar-refractivity contribution < 1.29 is 22.4 Å². The number of benzene rings is 2. The number of oxazole rings is 1. The van der Waals surface area contributed by atoms with E-state index in [2.05, 4.69) is 10.3 Å². The Morgan fingerprint density at radius 3 is 2.42 bits per heavy atom. The SMILES string of the molecule is O=C(Nc1ccc(-c2cnco2)cc1)c1cc(S(=O)(=O)N2CCOCC2)c(Cl)cc1Cl. The smallest absolute Gasteiger partial charge is 0.257 e. The van der Waals surface area contributed by atoms with E-state index in [0.717, 1.165) is 5.56 Å². The lowest BCUT2D eigenvalue weighted by molar-refractivity contribution is 0.0730. The molecule has 1 aliphatic rings. The maximum atomic E-state index is 13.0. The molecule has 1 saturated heterocycles. The first-order valence-electron chi connectivity index (χ1n) is 9.23. The Kier molecular flexibility index (Phi) is 6.31. The van der Waals surface area contributed by atoms with Crippen molar-refractivity contribution in [2.24, 2.45) is 0 Å². The van der Waals surface area contributed by atoms with E-state index in [1.807, 2.05) is 0 Å². The van der Waals surface area contributed by atoms with Crippen molar-refractivity contribution >= 4 is 44.8 Å². The van der Waals surface area contributed by atoms with Gasteiger partial charge in [0.15, 0.2) is 12.2 Å². The third-order valence-corrected chi connectivity index (χ3v) is 7.39. The Bertz CT molecular complexity index is 1190. The number of nitrogens with zero attached hydrogens (tertiary/aromatic N) is 2. The average Bonchev–Trinajstić information content (AvgIpc) is 3.29. The average molecular weight is 482 g/mol. The van der Waals surface area contributed by atoms with Gasteiger partial charge in [0.1, 0.15) is 4.90 Å². The van der Waals surface area contributed by atoms with Crippen LogP contribution in [0.15, 0.2) is 58.3 Å². The Morgan fingerprint density at radius 2 is 1.77 bits per heavy atom. The van der Waals surface area contributed by atoms with Crippen LogP contribution < -0.4 is 5.32 Å². The van der Waals surface area contributed by atoms with Crippen LogP contribution >= 0.6 is 23.2 Å². The van der Waals surface area contributed by atoms with Crippen LogP contribution in [0.3, 0.4) is 0 Å². The number of halogens is 2. The van der Waals surface area contributed by atoms with Gasteiger partial charge in [-0.05, 0) is 36.4 Å². The molecule has 1 amide bonds. The van der Waals surface area contributed by atoms with Crippen LogP contribution in [0.4, 0.5) is 5.69 Å². The van der Waals surface area contributed by atoms with Gasteiger partial charge in [-0.25, -0.2) is 13.4 Å². The number of morpholine rings is 1. The van der Waals surface area contributed by atoms with Crippen LogP contribution in [-0.2, 0) is 14.8 Å². The quantitative estimate of drug-likeness (QED) is 0.592. The van der Waals surface area contributed by atoms with Crippen molar-refractivity contribution in [1.29, 1.82) is 0 Å². The molecule has 11 heteroatoms. The second kappa shape index (κ2) is 8.97. The third kappa shape index (κ3) is 4.60. The van der Waals surface area contributed by atoms with Crippen LogP contribution in [0.1, 0.15) is 10.4 Å². The fourth-order valence-electron chi connectivity index (χ4n) is 3.10. The van der Waals surface area contributed by atoms with E-state index in [0.29, 0.717) is 24.7 Å². The van der Waals surface area contributed by atoms with Crippen molar-refractivity contribution in [1.82, 2.24) is 9.29 Å². The highest BCUT2D eigenvalue weighted by Crippen LogP contribution is 2.31. The standard InChI is InChI=1S/C20H17Cl2N3O5S/c21-16-10-17(22)19(31(27,28)25-5-7-29-8-6-25)9-15(16)20(26)24-14-3-1-13(2-4-14)18-11-23-12-30-18/h1-4,9-12H,5-8H2,(H,24,26). The first-order chi connectivity index (χ1) is 14.9. The topological polar surface area (TPSA) is 102 Å². The number of anilines is 1. The van der Waals surface area contributed by atoms with Gasteiger partial charge in [-0.3, -0.25) is 4.79 Å². The monoisotopic (exact) mass is 481 g/mol. The molecule has 162 valence electrons. The lowest BCUT2D eigenvalue weighted by Gasteiger charge is -2.26. The molecular weight excluding hydrogens is 465 g/mol. The van der Waals surface area contributed by atoms with E-state index in [-0.39, 0.29) is 33.6 Å². The Labute approximate surface area is 188 Å². The largest absolute Gasteiger partial charge is 0.444 e. The van der Waals surface area contributed by atoms with Crippen molar-refractivity contribution in [2.45, 2.75) is 4.90 Å².